The van der Waals surface area contributed by atoms with Crippen LogP contribution in [0, 0.1) is 0 Å². The number of halogens is 1. The Kier molecular flexibility index (Phi) is 14.8. The molecule has 0 atom stereocenters. The highest BCUT2D eigenvalue weighted by molar-refractivity contribution is 14.0. The molecular formula is C19H34IN3O4. The van der Waals surface area contributed by atoms with E-state index in [2.05, 4.69) is 22.5 Å². The van der Waals surface area contributed by atoms with E-state index in [0.717, 1.165) is 50.5 Å². The summed E-state index contributed by atoms with van der Waals surface area (Å²) in [6, 6.07) is 3.81. The van der Waals surface area contributed by atoms with Crippen LogP contribution in [-0.4, -0.2) is 54.1 Å². The van der Waals surface area contributed by atoms with Crippen molar-refractivity contribution in [3.63, 3.8) is 0 Å². The Morgan fingerprint density at radius 1 is 0.963 bits per heavy atom. The Morgan fingerprint density at radius 3 is 2.26 bits per heavy atom. The van der Waals surface area contributed by atoms with Crippen molar-refractivity contribution in [3.8, 4) is 17.2 Å². The van der Waals surface area contributed by atoms with E-state index >= 15 is 0 Å². The quantitative estimate of drug-likeness (QED) is 0.201. The van der Waals surface area contributed by atoms with E-state index < -0.39 is 0 Å². The lowest BCUT2D eigenvalue weighted by molar-refractivity contribution is 0.129. The van der Waals surface area contributed by atoms with Crippen molar-refractivity contribution >= 4 is 29.9 Å². The van der Waals surface area contributed by atoms with E-state index in [9.17, 15) is 0 Å². The van der Waals surface area contributed by atoms with Gasteiger partial charge in [-0.2, -0.15) is 0 Å². The third kappa shape index (κ3) is 8.87. The molecule has 7 nitrogen and oxygen atoms in total. The number of rotatable bonds is 12. The van der Waals surface area contributed by atoms with Gasteiger partial charge in [-0.05, 0) is 25.0 Å². The van der Waals surface area contributed by atoms with Gasteiger partial charge in [-0.25, -0.2) is 0 Å². The fourth-order valence-corrected chi connectivity index (χ4v) is 2.43. The number of hydrogen-bond acceptors (Lipinski definition) is 5. The number of ether oxygens (including phenoxy) is 4. The number of benzene rings is 1. The van der Waals surface area contributed by atoms with Crippen LogP contribution < -0.4 is 24.8 Å². The molecule has 0 unspecified atom stereocenters. The van der Waals surface area contributed by atoms with Gasteiger partial charge in [-0.15, -0.1) is 24.0 Å². The number of aliphatic imine (C=N–C) groups is 1. The van der Waals surface area contributed by atoms with Crippen LogP contribution in [0.2, 0.25) is 0 Å². The van der Waals surface area contributed by atoms with Gasteiger partial charge < -0.3 is 29.6 Å². The molecule has 1 aromatic rings. The number of unbranched alkanes of at least 4 members (excludes halogenated alkanes) is 1. The fraction of sp³-hybridized carbons (Fsp3) is 0.632. The molecule has 0 spiro atoms. The maximum absolute atomic E-state index is 5.55. The Morgan fingerprint density at radius 2 is 1.67 bits per heavy atom. The minimum Gasteiger partial charge on any atom is -0.493 e. The van der Waals surface area contributed by atoms with Crippen molar-refractivity contribution in [3.05, 3.63) is 17.7 Å². The number of hydrogen-bond donors (Lipinski definition) is 2. The minimum absolute atomic E-state index is 0. The average Bonchev–Trinajstić information content (AvgIpc) is 2.68. The molecule has 0 amide bonds. The topological polar surface area (TPSA) is 73.3 Å². The Balaban J connectivity index is 0.00000676. The standard InChI is InChI=1S/C19H33N3O4.HI/c1-6-7-12-26-13-8-11-21-19(20-2)22-14-15-9-10-16(23-3)18(25-5)17(15)24-4;/h9-10H,6-8,11-14H2,1-5H3,(H2,20,21,22);1H. The van der Waals surface area contributed by atoms with Crippen LogP contribution in [0.3, 0.4) is 0 Å². The maximum Gasteiger partial charge on any atom is 0.203 e. The van der Waals surface area contributed by atoms with Crippen LogP contribution in [0.25, 0.3) is 0 Å². The molecule has 0 saturated heterocycles. The second-order valence-electron chi connectivity index (χ2n) is 5.67. The highest BCUT2D eigenvalue weighted by atomic mass is 127. The molecule has 1 aromatic carbocycles. The van der Waals surface area contributed by atoms with E-state index in [1.807, 2.05) is 12.1 Å². The molecule has 0 bridgehead atoms. The van der Waals surface area contributed by atoms with Gasteiger partial charge in [0.2, 0.25) is 5.75 Å². The highest BCUT2D eigenvalue weighted by Crippen LogP contribution is 2.39. The minimum atomic E-state index is 0. The molecule has 27 heavy (non-hydrogen) atoms. The zero-order chi connectivity index (χ0) is 19.2. The molecule has 0 aromatic heterocycles. The molecule has 0 saturated carbocycles. The van der Waals surface area contributed by atoms with Gasteiger partial charge in [0, 0.05) is 38.9 Å². The monoisotopic (exact) mass is 495 g/mol. The van der Waals surface area contributed by atoms with Crippen LogP contribution >= 0.6 is 24.0 Å². The summed E-state index contributed by atoms with van der Waals surface area (Å²) in [5.41, 5.74) is 0.955. The second-order valence-corrected chi connectivity index (χ2v) is 5.67. The first-order valence-corrected chi connectivity index (χ1v) is 9.01. The zero-order valence-electron chi connectivity index (χ0n) is 17.1. The van der Waals surface area contributed by atoms with Gasteiger partial charge >= 0.3 is 0 Å². The number of nitrogens with one attached hydrogen (secondary N) is 2. The highest BCUT2D eigenvalue weighted by Gasteiger charge is 2.15. The summed E-state index contributed by atoms with van der Waals surface area (Å²) in [6.07, 6.45) is 3.21. The van der Waals surface area contributed by atoms with Crippen LogP contribution in [0.15, 0.2) is 17.1 Å². The summed E-state index contributed by atoms with van der Waals surface area (Å²) in [5.74, 6) is 2.61. The summed E-state index contributed by atoms with van der Waals surface area (Å²) < 4.78 is 21.8. The first-order valence-electron chi connectivity index (χ1n) is 9.01. The van der Waals surface area contributed by atoms with Gasteiger partial charge in [0.1, 0.15) is 0 Å². The maximum atomic E-state index is 5.55. The Labute approximate surface area is 180 Å². The molecule has 0 aliphatic heterocycles. The van der Waals surface area contributed by atoms with E-state index in [0.29, 0.717) is 23.8 Å². The Hall–Kier alpha value is -1.42. The molecule has 0 fully saturated rings. The van der Waals surface area contributed by atoms with Crippen molar-refractivity contribution < 1.29 is 18.9 Å². The van der Waals surface area contributed by atoms with Crippen molar-refractivity contribution in [1.82, 2.24) is 10.6 Å². The third-order valence-electron chi connectivity index (χ3n) is 3.86. The summed E-state index contributed by atoms with van der Waals surface area (Å²) >= 11 is 0. The lowest BCUT2D eigenvalue weighted by atomic mass is 10.1. The molecule has 0 heterocycles. The SMILES string of the molecule is CCCCOCCCNC(=NC)NCc1ccc(OC)c(OC)c1OC.I. The van der Waals surface area contributed by atoms with Crippen molar-refractivity contribution in [2.45, 2.75) is 32.7 Å². The molecule has 8 heteroatoms. The van der Waals surface area contributed by atoms with E-state index in [-0.39, 0.29) is 24.0 Å². The molecule has 156 valence electrons. The molecule has 1 rings (SSSR count). The molecule has 0 radical (unpaired) electrons. The summed E-state index contributed by atoms with van der Waals surface area (Å²) in [6.45, 7) is 5.11. The first kappa shape index (κ1) is 25.6. The molecule has 0 aliphatic rings. The predicted octanol–water partition coefficient (Wildman–Crippen LogP) is 3.20. The average molecular weight is 495 g/mol. The van der Waals surface area contributed by atoms with E-state index in [1.165, 1.54) is 0 Å². The van der Waals surface area contributed by atoms with Crippen LogP contribution in [0.5, 0.6) is 17.2 Å². The largest absolute Gasteiger partial charge is 0.493 e. The number of guanidine groups is 1. The van der Waals surface area contributed by atoms with Crippen LogP contribution in [-0.2, 0) is 11.3 Å². The molecule has 2 N–H and O–H groups in total. The third-order valence-corrected chi connectivity index (χ3v) is 3.86. The number of methoxy groups -OCH3 is 3. The van der Waals surface area contributed by atoms with Crippen molar-refractivity contribution in [2.24, 2.45) is 4.99 Å². The normalized spacial score (nSPS) is 10.8. The van der Waals surface area contributed by atoms with Gasteiger partial charge in [0.25, 0.3) is 0 Å². The Bertz CT molecular complexity index is 556. The van der Waals surface area contributed by atoms with Crippen LogP contribution in [0.4, 0.5) is 0 Å². The lowest BCUT2D eigenvalue weighted by Crippen LogP contribution is -2.37. The van der Waals surface area contributed by atoms with Gasteiger partial charge in [0.15, 0.2) is 17.5 Å². The first-order chi connectivity index (χ1) is 12.7. The summed E-state index contributed by atoms with van der Waals surface area (Å²) in [7, 11) is 6.57. The van der Waals surface area contributed by atoms with Gasteiger partial charge in [0.05, 0.1) is 21.3 Å². The van der Waals surface area contributed by atoms with Crippen molar-refractivity contribution in [1.29, 1.82) is 0 Å². The van der Waals surface area contributed by atoms with Gasteiger partial charge in [-0.1, -0.05) is 13.3 Å². The summed E-state index contributed by atoms with van der Waals surface area (Å²) in [5, 5.41) is 6.56. The second kappa shape index (κ2) is 15.6. The fourth-order valence-electron chi connectivity index (χ4n) is 2.43. The zero-order valence-corrected chi connectivity index (χ0v) is 19.4. The van der Waals surface area contributed by atoms with Crippen molar-refractivity contribution in [2.75, 3.05) is 48.1 Å². The number of nitrogens with zero attached hydrogens (tertiary/aromatic N) is 1. The van der Waals surface area contributed by atoms with E-state index in [4.69, 9.17) is 18.9 Å². The summed E-state index contributed by atoms with van der Waals surface area (Å²) in [4.78, 5) is 4.24. The predicted molar refractivity (Wildman–Crippen MR) is 120 cm³/mol. The van der Waals surface area contributed by atoms with Crippen LogP contribution in [0.1, 0.15) is 31.7 Å². The molecule has 0 aliphatic carbocycles. The lowest BCUT2D eigenvalue weighted by Gasteiger charge is -2.17. The van der Waals surface area contributed by atoms with E-state index in [1.54, 1.807) is 28.4 Å². The molecular weight excluding hydrogens is 461 g/mol. The smallest absolute Gasteiger partial charge is 0.203 e. The van der Waals surface area contributed by atoms with Gasteiger partial charge in [-0.3, -0.25) is 4.99 Å².